The molecule has 0 aliphatic carbocycles. The van der Waals surface area contributed by atoms with Crippen LogP contribution in [-0.4, -0.2) is 17.3 Å². The van der Waals surface area contributed by atoms with Crippen molar-refractivity contribution in [3.05, 3.63) is 28.2 Å². The third-order valence-electron chi connectivity index (χ3n) is 1.35. The molecule has 0 aromatic heterocycles. The van der Waals surface area contributed by atoms with Gasteiger partial charge in [-0.1, -0.05) is 0 Å². The lowest BCUT2D eigenvalue weighted by atomic mass is 10.2. The van der Waals surface area contributed by atoms with Crippen molar-refractivity contribution in [3.8, 4) is 5.75 Å². The lowest BCUT2D eigenvalue weighted by molar-refractivity contribution is 0.475. The molecule has 0 unspecified atom stereocenters. The van der Waals surface area contributed by atoms with Crippen LogP contribution >= 0.6 is 15.9 Å². The first-order valence-electron chi connectivity index (χ1n) is 3.70. The SMILES string of the molecule is NC(N)=NN=Cc1ccc(O)cc1Br. The summed E-state index contributed by atoms with van der Waals surface area (Å²) < 4.78 is 0.715. The second kappa shape index (κ2) is 4.61. The van der Waals surface area contributed by atoms with Crippen molar-refractivity contribution in [2.24, 2.45) is 21.7 Å². The first-order chi connectivity index (χ1) is 6.59. The molecule has 1 aromatic rings. The summed E-state index contributed by atoms with van der Waals surface area (Å²) in [5.74, 6) is 0.0759. The van der Waals surface area contributed by atoms with Gasteiger partial charge in [-0.15, -0.1) is 5.10 Å². The van der Waals surface area contributed by atoms with Crippen LogP contribution in [0.25, 0.3) is 0 Å². The third-order valence-corrected chi connectivity index (χ3v) is 2.04. The number of phenols is 1. The minimum absolute atomic E-state index is 0.101. The number of nitrogens with zero attached hydrogens (tertiary/aromatic N) is 2. The number of hydrogen-bond acceptors (Lipinski definition) is 3. The molecule has 0 aliphatic rings. The average molecular weight is 257 g/mol. The maximum Gasteiger partial charge on any atom is 0.211 e. The highest BCUT2D eigenvalue weighted by Crippen LogP contribution is 2.20. The van der Waals surface area contributed by atoms with Crippen molar-refractivity contribution < 1.29 is 5.11 Å². The fourth-order valence-electron chi connectivity index (χ4n) is 0.778. The summed E-state index contributed by atoms with van der Waals surface area (Å²) in [6.07, 6.45) is 1.48. The van der Waals surface area contributed by atoms with Gasteiger partial charge in [0.1, 0.15) is 5.75 Å². The number of guanidine groups is 1. The number of benzene rings is 1. The van der Waals surface area contributed by atoms with Gasteiger partial charge in [0.2, 0.25) is 5.96 Å². The molecule has 14 heavy (non-hydrogen) atoms. The van der Waals surface area contributed by atoms with Gasteiger partial charge in [-0.2, -0.15) is 5.10 Å². The molecule has 1 rings (SSSR count). The Balaban J connectivity index is 2.87. The summed E-state index contributed by atoms with van der Waals surface area (Å²) in [7, 11) is 0. The molecule has 1 aromatic carbocycles. The molecule has 74 valence electrons. The number of hydrogen-bond donors (Lipinski definition) is 3. The highest BCUT2D eigenvalue weighted by atomic mass is 79.9. The average Bonchev–Trinajstić information content (AvgIpc) is 2.08. The van der Waals surface area contributed by atoms with E-state index in [9.17, 15) is 0 Å². The summed E-state index contributed by atoms with van der Waals surface area (Å²) in [6.45, 7) is 0. The monoisotopic (exact) mass is 256 g/mol. The second-order valence-electron chi connectivity index (χ2n) is 2.48. The van der Waals surface area contributed by atoms with Crippen molar-refractivity contribution >= 4 is 28.1 Å². The summed E-state index contributed by atoms with van der Waals surface area (Å²) in [4.78, 5) is 0. The van der Waals surface area contributed by atoms with Crippen molar-refractivity contribution in [3.63, 3.8) is 0 Å². The van der Waals surface area contributed by atoms with Gasteiger partial charge in [0.05, 0.1) is 6.21 Å². The Morgan fingerprint density at radius 3 is 2.71 bits per heavy atom. The minimum Gasteiger partial charge on any atom is -0.508 e. The predicted molar refractivity (Wildman–Crippen MR) is 59.2 cm³/mol. The van der Waals surface area contributed by atoms with Crippen LogP contribution in [0.3, 0.4) is 0 Å². The highest BCUT2D eigenvalue weighted by molar-refractivity contribution is 9.10. The van der Waals surface area contributed by atoms with Gasteiger partial charge in [-0.3, -0.25) is 0 Å². The van der Waals surface area contributed by atoms with Gasteiger partial charge in [-0.05, 0) is 34.1 Å². The number of nitrogens with two attached hydrogens (primary N) is 2. The van der Waals surface area contributed by atoms with Crippen LogP contribution in [0.5, 0.6) is 5.75 Å². The smallest absolute Gasteiger partial charge is 0.211 e. The number of aromatic hydroxyl groups is 1. The fourth-order valence-corrected chi connectivity index (χ4v) is 1.25. The van der Waals surface area contributed by atoms with Crippen LogP contribution in [0.1, 0.15) is 5.56 Å². The topological polar surface area (TPSA) is 97.0 Å². The van der Waals surface area contributed by atoms with Crippen LogP contribution in [0, 0.1) is 0 Å². The molecule has 5 nitrogen and oxygen atoms in total. The lowest BCUT2D eigenvalue weighted by Crippen LogP contribution is -2.21. The molecule has 0 amide bonds. The molecule has 0 atom stereocenters. The third kappa shape index (κ3) is 3.06. The first kappa shape index (κ1) is 10.5. The standard InChI is InChI=1S/C8H9BrN4O/c9-7-3-6(14)2-1-5(7)4-12-13-8(10)11/h1-4,14H,(H4,10,11,13). The van der Waals surface area contributed by atoms with Crippen LogP contribution in [0.15, 0.2) is 32.9 Å². The lowest BCUT2D eigenvalue weighted by Gasteiger charge is -1.97. The van der Waals surface area contributed by atoms with E-state index in [1.54, 1.807) is 18.2 Å². The van der Waals surface area contributed by atoms with Crippen LogP contribution in [0.4, 0.5) is 0 Å². The Hall–Kier alpha value is -1.56. The Labute approximate surface area is 89.3 Å². The van der Waals surface area contributed by atoms with Gasteiger partial charge in [-0.25, -0.2) is 0 Å². The Morgan fingerprint density at radius 1 is 1.43 bits per heavy atom. The van der Waals surface area contributed by atoms with Crippen molar-refractivity contribution in [1.29, 1.82) is 0 Å². The molecular formula is C8H9BrN4O. The molecule has 5 N–H and O–H groups in total. The Kier molecular flexibility index (Phi) is 3.47. The summed E-state index contributed by atoms with van der Waals surface area (Å²) in [5.41, 5.74) is 10.9. The molecule has 6 heteroatoms. The molecule has 0 aliphatic heterocycles. The van der Waals surface area contributed by atoms with E-state index in [1.165, 1.54) is 6.21 Å². The van der Waals surface area contributed by atoms with Gasteiger partial charge in [0.15, 0.2) is 0 Å². The van der Waals surface area contributed by atoms with Crippen LogP contribution < -0.4 is 11.5 Å². The molecule has 0 saturated carbocycles. The zero-order valence-corrected chi connectivity index (χ0v) is 8.77. The van der Waals surface area contributed by atoms with Gasteiger partial charge in [0.25, 0.3) is 0 Å². The molecular weight excluding hydrogens is 248 g/mol. The fraction of sp³-hybridized carbons (Fsp3) is 0. The first-order valence-corrected chi connectivity index (χ1v) is 4.49. The van der Waals surface area contributed by atoms with E-state index < -0.39 is 0 Å². The van der Waals surface area contributed by atoms with E-state index in [2.05, 4.69) is 26.1 Å². The zero-order valence-electron chi connectivity index (χ0n) is 7.18. The molecule has 0 bridgehead atoms. The van der Waals surface area contributed by atoms with Crippen molar-refractivity contribution in [1.82, 2.24) is 0 Å². The molecule has 0 spiro atoms. The summed E-state index contributed by atoms with van der Waals surface area (Å²) >= 11 is 3.25. The Bertz CT molecular complexity index is 385. The van der Waals surface area contributed by atoms with Gasteiger partial charge >= 0.3 is 0 Å². The maximum absolute atomic E-state index is 9.11. The van der Waals surface area contributed by atoms with Crippen molar-refractivity contribution in [2.45, 2.75) is 0 Å². The highest BCUT2D eigenvalue weighted by Gasteiger charge is 1.97. The minimum atomic E-state index is -0.101. The predicted octanol–water partition coefficient (Wildman–Crippen LogP) is 0.762. The normalized spacial score (nSPS) is 10.4. The number of halogens is 1. The van der Waals surface area contributed by atoms with E-state index in [-0.39, 0.29) is 11.7 Å². The largest absolute Gasteiger partial charge is 0.508 e. The van der Waals surface area contributed by atoms with E-state index in [0.717, 1.165) is 5.56 Å². The van der Waals surface area contributed by atoms with E-state index in [0.29, 0.717) is 4.47 Å². The maximum atomic E-state index is 9.11. The molecule has 0 fully saturated rings. The van der Waals surface area contributed by atoms with Crippen molar-refractivity contribution in [2.75, 3.05) is 0 Å². The summed E-state index contributed by atoms with van der Waals surface area (Å²) in [5, 5.41) is 16.2. The summed E-state index contributed by atoms with van der Waals surface area (Å²) in [6, 6.07) is 4.78. The molecule has 0 radical (unpaired) electrons. The Morgan fingerprint density at radius 2 is 2.14 bits per heavy atom. The van der Waals surface area contributed by atoms with E-state index in [4.69, 9.17) is 16.6 Å². The zero-order chi connectivity index (χ0) is 10.6. The van der Waals surface area contributed by atoms with Gasteiger partial charge < -0.3 is 16.6 Å². The molecule has 0 heterocycles. The second-order valence-corrected chi connectivity index (χ2v) is 3.33. The van der Waals surface area contributed by atoms with E-state index >= 15 is 0 Å². The van der Waals surface area contributed by atoms with Gasteiger partial charge in [0, 0.05) is 10.0 Å². The number of phenolic OH excluding ortho intramolecular Hbond substituents is 1. The molecule has 0 saturated heterocycles. The van der Waals surface area contributed by atoms with Crippen LogP contribution in [0.2, 0.25) is 0 Å². The quantitative estimate of drug-likeness (QED) is 0.414. The van der Waals surface area contributed by atoms with E-state index in [1.807, 2.05) is 0 Å². The van der Waals surface area contributed by atoms with Crippen LogP contribution in [-0.2, 0) is 0 Å². The number of rotatable bonds is 2.